The first-order valence-corrected chi connectivity index (χ1v) is 10.6. The number of carbonyl (C=O) groups is 4. The number of hydrogen-bond donors (Lipinski definition) is 2. The number of carboxylic acids is 1. The second-order valence-electron chi connectivity index (χ2n) is 6.88. The van der Waals surface area contributed by atoms with Gasteiger partial charge in [-0.15, -0.1) is 0 Å². The molecular formula is C22H22N2O5S. The van der Waals surface area contributed by atoms with Gasteiger partial charge >= 0.3 is 5.97 Å². The highest BCUT2D eigenvalue weighted by atomic mass is 32.2. The Kier molecular flexibility index (Phi) is 7.24. The van der Waals surface area contributed by atoms with Crippen molar-refractivity contribution in [3.05, 3.63) is 71.8 Å². The summed E-state index contributed by atoms with van der Waals surface area (Å²) in [5.41, 5.74) is 0.874. The Hall–Kier alpha value is -3.13. The molecule has 2 unspecified atom stereocenters. The van der Waals surface area contributed by atoms with Gasteiger partial charge < -0.3 is 15.3 Å². The van der Waals surface area contributed by atoms with Crippen LogP contribution in [0.1, 0.15) is 33.6 Å². The fourth-order valence-corrected chi connectivity index (χ4v) is 4.16. The summed E-state index contributed by atoms with van der Waals surface area (Å²) in [6.45, 7) is 0.310. The van der Waals surface area contributed by atoms with Crippen molar-refractivity contribution in [1.82, 2.24) is 10.2 Å². The molecule has 2 aromatic carbocycles. The predicted molar refractivity (Wildman–Crippen MR) is 113 cm³/mol. The fraction of sp³-hybridized carbons (Fsp3) is 0.273. The first-order chi connectivity index (χ1) is 14.5. The van der Waals surface area contributed by atoms with Crippen LogP contribution in [0.2, 0.25) is 0 Å². The maximum absolute atomic E-state index is 13.1. The normalized spacial score (nSPS) is 16.7. The lowest BCUT2D eigenvalue weighted by Gasteiger charge is -2.27. The van der Waals surface area contributed by atoms with Gasteiger partial charge in [-0.05, 0) is 25.0 Å². The van der Waals surface area contributed by atoms with E-state index in [0.29, 0.717) is 30.5 Å². The van der Waals surface area contributed by atoms with Gasteiger partial charge in [0.15, 0.2) is 0 Å². The smallest absolute Gasteiger partial charge is 0.326 e. The molecule has 0 radical (unpaired) electrons. The zero-order chi connectivity index (χ0) is 21.5. The van der Waals surface area contributed by atoms with E-state index in [0.717, 1.165) is 11.8 Å². The van der Waals surface area contributed by atoms with E-state index in [2.05, 4.69) is 5.32 Å². The molecule has 0 aromatic heterocycles. The average molecular weight is 426 g/mol. The third kappa shape index (κ3) is 5.27. The SMILES string of the molecule is O=C(NC(CSC(=O)c1ccccc1)C(=O)N1CCCC1C(=O)O)c1ccccc1. The number of carboxylic acid groups (broad SMARTS) is 1. The number of thioether (sulfide) groups is 1. The highest BCUT2D eigenvalue weighted by molar-refractivity contribution is 8.14. The van der Waals surface area contributed by atoms with Crippen molar-refractivity contribution in [2.45, 2.75) is 24.9 Å². The number of nitrogens with one attached hydrogen (secondary N) is 1. The summed E-state index contributed by atoms with van der Waals surface area (Å²) in [5.74, 6) is -2.00. The molecule has 1 aliphatic heterocycles. The van der Waals surface area contributed by atoms with Crippen LogP contribution in [0.15, 0.2) is 60.7 Å². The largest absolute Gasteiger partial charge is 0.480 e. The summed E-state index contributed by atoms with van der Waals surface area (Å²) < 4.78 is 0. The third-order valence-electron chi connectivity index (χ3n) is 4.85. The van der Waals surface area contributed by atoms with Crippen LogP contribution in [-0.4, -0.2) is 57.3 Å². The van der Waals surface area contributed by atoms with Crippen molar-refractivity contribution in [3.8, 4) is 0 Å². The minimum absolute atomic E-state index is 0.00791. The minimum Gasteiger partial charge on any atom is -0.480 e. The monoisotopic (exact) mass is 426 g/mol. The molecule has 30 heavy (non-hydrogen) atoms. The van der Waals surface area contributed by atoms with E-state index < -0.39 is 29.9 Å². The van der Waals surface area contributed by atoms with E-state index in [-0.39, 0.29) is 10.9 Å². The molecule has 2 amide bonds. The van der Waals surface area contributed by atoms with Gasteiger partial charge in [0.25, 0.3) is 5.91 Å². The predicted octanol–water partition coefficient (Wildman–Crippen LogP) is 2.43. The highest BCUT2D eigenvalue weighted by Crippen LogP contribution is 2.21. The molecule has 0 aliphatic carbocycles. The van der Waals surface area contributed by atoms with Crippen LogP contribution in [0.3, 0.4) is 0 Å². The van der Waals surface area contributed by atoms with Crippen LogP contribution in [0, 0.1) is 0 Å². The highest BCUT2D eigenvalue weighted by Gasteiger charge is 2.38. The summed E-state index contributed by atoms with van der Waals surface area (Å²) >= 11 is 0.923. The van der Waals surface area contributed by atoms with Crippen molar-refractivity contribution < 1.29 is 24.3 Å². The van der Waals surface area contributed by atoms with E-state index in [4.69, 9.17) is 0 Å². The van der Waals surface area contributed by atoms with Crippen LogP contribution in [-0.2, 0) is 9.59 Å². The van der Waals surface area contributed by atoms with Crippen molar-refractivity contribution in [2.75, 3.05) is 12.3 Å². The van der Waals surface area contributed by atoms with E-state index in [1.807, 2.05) is 0 Å². The molecule has 1 aliphatic rings. The molecule has 7 nitrogen and oxygen atoms in total. The summed E-state index contributed by atoms with van der Waals surface area (Å²) in [6, 6.07) is 15.1. The molecule has 1 fully saturated rings. The second kappa shape index (κ2) is 10.1. The molecule has 2 atom stereocenters. The Bertz CT molecular complexity index is 920. The summed E-state index contributed by atoms with van der Waals surface area (Å²) in [4.78, 5) is 50.9. The van der Waals surface area contributed by atoms with Crippen molar-refractivity contribution in [2.24, 2.45) is 0 Å². The van der Waals surface area contributed by atoms with E-state index in [9.17, 15) is 24.3 Å². The van der Waals surface area contributed by atoms with E-state index in [1.165, 1.54) is 4.90 Å². The van der Waals surface area contributed by atoms with Gasteiger partial charge in [0.05, 0.1) is 0 Å². The Morgan fingerprint density at radius 2 is 1.60 bits per heavy atom. The number of aliphatic carboxylic acids is 1. The number of amides is 2. The molecule has 0 bridgehead atoms. The lowest BCUT2D eigenvalue weighted by molar-refractivity contribution is -0.148. The molecule has 2 N–H and O–H groups in total. The summed E-state index contributed by atoms with van der Waals surface area (Å²) in [5, 5.41) is 11.9. The Morgan fingerprint density at radius 3 is 2.20 bits per heavy atom. The zero-order valence-corrected chi connectivity index (χ0v) is 17.0. The van der Waals surface area contributed by atoms with Crippen LogP contribution >= 0.6 is 11.8 Å². The maximum Gasteiger partial charge on any atom is 0.326 e. The molecule has 156 valence electrons. The quantitative estimate of drug-likeness (QED) is 0.705. The van der Waals surface area contributed by atoms with Crippen LogP contribution in [0.25, 0.3) is 0 Å². The lowest BCUT2D eigenvalue weighted by atomic mass is 10.1. The molecule has 1 saturated heterocycles. The third-order valence-corrected chi connectivity index (χ3v) is 5.85. The van der Waals surface area contributed by atoms with Crippen LogP contribution < -0.4 is 5.32 Å². The topological polar surface area (TPSA) is 104 Å². The molecule has 2 aromatic rings. The van der Waals surface area contributed by atoms with Crippen molar-refractivity contribution >= 4 is 34.7 Å². The molecule has 3 rings (SSSR count). The zero-order valence-electron chi connectivity index (χ0n) is 16.2. The molecule has 0 saturated carbocycles. The number of likely N-dealkylation sites (tertiary alicyclic amines) is 1. The minimum atomic E-state index is -1.07. The first kappa shape index (κ1) is 21.6. The lowest BCUT2D eigenvalue weighted by Crippen LogP contribution is -2.52. The number of carbonyl (C=O) groups excluding carboxylic acids is 3. The van der Waals surface area contributed by atoms with Crippen molar-refractivity contribution in [1.29, 1.82) is 0 Å². The Balaban J connectivity index is 1.75. The van der Waals surface area contributed by atoms with Gasteiger partial charge in [0, 0.05) is 23.4 Å². The maximum atomic E-state index is 13.1. The fourth-order valence-electron chi connectivity index (χ4n) is 3.31. The van der Waals surface area contributed by atoms with Gasteiger partial charge in [0.2, 0.25) is 11.0 Å². The van der Waals surface area contributed by atoms with E-state index >= 15 is 0 Å². The van der Waals surface area contributed by atoms with Gasteiger partial charge in [-0.2, -0.15) is 0 Å². The number of benzene rings is 2. The number of rotatable bonds is 7. The number of nitrogens with zero attached hydrogens (tertiary/aromatic N) is 1. The average Bonchev–Trinajstić information content (AvgIpc) is 3.27. The van der Waals surface area contributed by atoms with Gasteiger partial charge in [0.1, 0.15) is 12.1 Å². The Morgan fingerprint density at radius 1 is 1.00 bits per heavy atom. The van der Waals surface area contributed by atoms with Crippen LogP contribution in [0.5, 0.6) is 0 Å². The number of hydrogen-bond acceptors (Lipinski definition) is 5. The second-order valence-corrected chi connectivity index (χ2v) is 7.88. The molecule has 0 spiro atoms. The summed E-state index contributed by atoms with van der Waals surface area (Å²) in [6.07, 6.45) is 0.953. The Labute approximate surface area is 178 Å². The van der Waals surface area contributed by atoms with Gasteiger partial charge in [-0.25, -0.2) is 4.79 Å². The van der Waals surface area contributed by atoms with Crippen LogP contribution in [0.4, 0.5) is 0 Å². The van der Waals surface area contributed by atoms with E-state index in [1.54, 1.807) is 60.7 Å². The van der Waals surface area contributed by atoms with Gasteiger partial charge in [-0.1, -0.05) is 60.3 Å². The molecule has 8 heteroatoms. The summed E-state index contributed by atoms with van der Waals surface area (Å²) in [7, 11) is 0. The molecule has 1 heterocycles. The molecular weight excluding hydrogens is 404 g/mol. The standard InChI is InChI=1S/C22H22N2O5S/c25-19(15-8-3-1-4-9-15)23-17(14-30-22(29)16-10-5-2-6-11-16)20(26)24-13-7-12-18(24)21(27)28/h1-6,8-11,17-18H,7,12-14H2,(H,23,25)(H,27,28). The van der Waals surface area contributed by atoms with Gasteiger partial charge in [-0.3, -0.25) is 14.4 Å². The van der Waals surface area contributed by atoms with Crippen molar-refractivity contribution in [3.63, 3.8) is 0 Å². The first-order valence-electron chi connectivity index (χ1n) is 9.58.